The average Bonchev–Trinajstić information content (AvgIpc) is 2.51. The third-order valence-electron chi connectivity index (χ3n) is 3.14. The summed E-state index contributed by atoms with van der Waals surface area (Å²) in [6.45, 7) is 4.37. The molecule has 2 rings (SSSR count). The topological polar surface area (TPSA) is 73.2 Å². The number of ether oxygens (including phenoxy) is 1. The van der Waals surface area contributed by atoms with E-state index in [1.165, 1.54) is 17.1 Å². The number of aromatic nitrogens is 2. The van der Waals surface area contributed by atoms with Crippen LogP contribution in [0.1, 0.15) is 11.1 Å². The van der Waals surface area contributed by atoms with Crippen molar-refractivity contribution in [2.75, 3.05) is 13.2 Å². The SMILES string of the molecule is Cc1ccc(OCC(=O)NCCn2cncc(C)c2=O)cc1. The maximum absolute atomic E-state index is 11.8. The predicted molar refractivity (Wildman–Crippen MR) is 82.9 cm³/mol. The summed E-state index contributed by atoms with van der Waals surface area (Å²) in [7, 11) is 0. The van der Waals surface area contributed by atoms with Gasteiger partial charge in [-0.25, -0.2) is 4.98 Å². The molecule has 116 valence electrons. The Morgan fingerprint density at radius 2 is 2.00 bits per heavy atom. The lowest BCUT2D eigenvalue weighted by Crippen LogP contribution is -2.34. The fraction of sp³-hybridized carbons (Fsp3) is 0.312. The highest BCUT2D eigenvalue weighted by atomic mass is 16.5. The van der Waals surface area contributed by atoms with E-state index in [1.807, 2.05) is 31.2 Å². The molecule has 1 N–H and O–H groups in total. The Morgan fingerprint density at radius 1 is 1.27 bits per heavy atom. The molecule has 0 unspecified atom stereocenters. The standard InChI is InChI=1S/C16H19N3O3/c1-12-3-5-14(6-4-12)22-10-15(20)18-7-8-19-11-17-9-13(2)16(19)21/h3-6,9,11H,7-8,10H2,1-2H3,(H,18,20). The second-order valence-corrected chi connectivity index (χ2v) is 5.03. The molecular formula is C16H19N3O3. The number of benzene rings is 1. The third-order valence-corrected chi connectivity index (χ3v) is 3.14. The van der Waals surface area contributed by atoms with E-state index in [1.54, 1.807) is 6.92 Å². The molecule has 6 nitrogen and oxygen atoms in total. The van der Waals surface area contributed by atoms with E-state index in [0.29, 0.717) is 24.4 Å². The van der Waals surface area contributed by atoms with Gasteiger partial charge in [-0.3, -0.25) is 14.2 Å². The number of aryl methyl sites for hydroxylation is 2. The van der Waals surface area contributed by atoms with Crippen LogP contribution in [0, 0.1) is 13.8 Å². The summed E-state index contributed by atoms with van der Waals surface area (Å²) < 4.78 is 6.84. The van der Waals surface area contributed by atoms with Crippen molar-refractivity contribution < 1.29 is 9.53 Å². The molecular weight excluding hydrogens is 282 g/mol. The number of hydrogen-bond acceptors (Lipinski definition) is 4. The van der Waals surface area contributed by atoms with Gasteiger partial charge in [0.2, 0.25) is 0 Å². The van der Waals surface area contributed by atoms with Crippen molar-refractivity contribution in [1.29, 1.82) is 0 Å². The zero-order valence-electron chi connectivity index (χ0n) is 12.7. The van der Waals surface area contributed by atoms with Gasteiger partial charge in [-0.2, -0.15) is 0 Å². The molecule has 2 aromatic rings. The molecule has 1 heterocycles. The maximum atomic E-state index is 11.8. The molecule has 0 aliphatic rings. The number of carbonyl (C=O) groups is 1. The lowest BCUT2D eigenvalue weighted by molar-refractivity contribution is -0.123. The minimum Gasteiger partial charge on any atom is -0.484 e. The number of rotatable bonds is 6. The Labute approximate surface area is 128 Å². The fourth-order valence-electron chi connectivity index (χ4n) is 1.87. The van der Waals surface area contributed by atoms with Crippen LogP contribution in [0.3, 0.4) is 0 Å². The summed E-state index contributed by atoms with van der Waals surface area (Å²) in [5.41, 5.74) is 1.62. The Balaban J connectivity index is 1.75. The highest BCUT2D eigenvalue weighted by Gasteiger charge is 2.04. The van der Waals surface area contributed by atoms with Crippen molar-refractivity contribution in [3.8, 4) is 5.75 Å². The third kappa shape index (κ3) is 4.44. The molecule has 0 fully saturated rings. The zero-order chi connectivity index (χ0) is 15.9. The molecule has 0 bridgehead atoms. The maximum Gasteiger partial charge on any atom is 0.258 e. The van der Waals surface area contributed by atoms with Crippen LogP contribution < -0.4 is 15.6 Å². The van der Waals surface area contributed by atoms with E-state index in [-0.39, 0.29) is 18.1 Å². The van der Waals surface area contributed by atoms with Gasteiger partial charge in [0, 0.05) is 24.8 Å². The summed E-state index contributed by atoms with van der Waals surface area (Å²) in [5.74, 6) is 0.425. The highest BCUT2D eigenvalue weighted by Crippen LogP contribution is 2.10. The van der Waals surface area contributed by atoms with Gasteiger partial charge in [0.25, 0.3) is 11.5 Å². The predicted octanol–water partition coefficient (Wildman–Crippen LogP) is 1.06. The van der Waals surface area contributed by atoms with E-state index in [9.17, 15) is 9.59 Å². The van der Waals surface area contributed by atoms with Gasteiger partial charge in [0.05, 0.1) is 6.33 Å². The van der Waals surface area contributed by atoms with Gasteiger partial charge in [-0.05, 0) is 26.0 Å². The van der Waals surface area contributed by atoms with Crippen molar-refractivity contribution in [2.45, 2.75) is 20.4 Å². The molecule has 0 atom stereocenters. The number of hydrogen-bond donors (Lipinski definition) is 1. The van der Waals surface area contributed by atoms with Crippen LogP contribution in [0.15, 0.2) is 41.6 Å². The second-order valence-electron chi connectivity index (χ2n) is 5.03. The van der Waals surface area contributed by atoms with E-state index < -0.39 is 0 Å². The molecule has 0 saturated carbocycles. The quantitative estimate of drug-likeness (QED) is 0.865. The van der Waals surface area contributed by atoms with Gasteiger partial charge in [-0.15, -0.1) is 0 Å². The molecule has 0 saturated heterocycles. The normalized spacial score (nSPS) is 10.3. The summed E-state index contributed by atoms with van der Waals surface area (Å²) in [4.78, 5) is 27.4. The minimum atomic E-state index is -0.228. The van der Waals surface area contributed by atoms with Crippen molar-refractivity contribution in [2.24, 2.45) is 0 Å². The molecule has 0 aliphatic carbocycles. The van der Waals surface area contributed by atoms with Crippen molar-refractivity contribution >= 4 is 5.91 Å². The first-order valence-electron chi connectivity index (χ1n) is 7.03. The van der Waals surface area contributed by atoms with Gasteiger partial charge < -0.3 is 10.1 Å². The first-order valence-corrected chi connectivity index (χ1v) is 7.03. The van der Waals surface area contributed by atoms with Crippen LogP contribution >= 0.6 is 0 Å². The van der Waals surface area contributed by atoms with E-state index in [0.717, 1.165) is 5.56 Å². The van der Waals surface area contributed by atoms with Crippen molar-refractivity contribution in [3.63, 3.8) is 0 Å². The Hall–Kier alpha value is -2.63. The summed E-state index contributed by atoms with van der Waals surface area (Å²) in [6.07, 6.45) is 2.98. The molecule has 0 radical (unpaired) electrons. The van der Waals surface area contributed by atoms with Crippen LogP contribution in [-0.4, -0.2) is 28.6 Å². The van der Waals surface area contributed by atoms with E-state index >= 15 is 0 Å². The highest BCUT2D eigenvalue weighted by molar-refractivity contribution is 5.77. The smallest absolute Gasteiger partial charge is 0.258 e. The number of carbonyl (C=O) groups excluding carboxylic acids is 1. The molecule has 0 aliphatic heterocycles. The lowest BCUT2D eigenvalue weighted by Gasteiger charge is -2.09. The number of nitrogens with zero attached hydrogens (tertiary/aromatic N) is 2. The van der Waals surface area contributed by atoms with E-state index in [4.69, 9.17) is 4.74 Å². The summed E-state index contributed by atoms with van der Waals surface area (Å²) in [5, 5.41) is 2.71. The average molecular weight is 301 g/mol. The van der Waals surface area contributed by atoms with Gasteiger partial charge in [0.15, 0.2) is 6.61 Å². The molecule has 0 spiro atoms. The van der Waals surface area contributed by atoms with Gasteiger partial charge in [-0.1, -0.05) is 17.7 Å². The first kappa shape index (κ1) is 15.8. The van der Waals surface area contributed by atoms with Gasteiger partial charge >= 0.3 is 0 Å². The Kier molecular flexibility index (Phi) is 5.30. The van der Waals surface area contributed by atoms with Crippen LogP contribution in [0.4, 0.5) is 0 Å². The summed E-state index contributed by atoms with van der Waals surface area (Å²) in [6, 6.07) is 7.48. The Morgan fingerprint density at radius 3 is 2.73 bits per heavy atom. The summed E-state index contributed by atoms with van der Waals surface area (Å²) >= 11 is 0. The zero-order valence-corrected chi connectivity index (χ0v) is 12.7. The molecule has 1 amide bonds. The van der Waals surface area contributed by atoms with Crippen LogP contribution in [0.2, 0.25) is 0 Å². The monoisotopic (exact) mass is 301 g/mol. The number of amides is 1. The molecule has 1 aromatic heterocycles. The Bertz CT molecular complexity index is 693. The minimum absolute atomic E-state index is 0.0516. The van der Waals surface area contributed by atoms with Crippen molar-refractivity contribution in [1.82, 2.24) is 14.9 Å². The van der Waals surface area contributed by atoms with Crippen molar-refractivity contribution in [3.05, 3.63) is 58.3 Å². The van der Waals surface area contributed by atoms with Crippen LogP contribution in [0.25, 0.3) is 0 Å². The number of nitrogens with one attached hydrogen (secondary N) is 1. The van der Waals surface area contributed by atoms with Crippen LogP contribution in [0.5, 0.6) is 5.75 Å². The van der Waals surface area contributed by atoms with Gasteiger partial charge in [0.1, 0.15) is 5.75 Å². The second kappa shape index (κ2) is 7.40. The largest absolute Gasteiger partial charge is 0.484 e. The van der Waals surface area contributed by atoms with Crippen LogP contribution in [-0.2, 0) is 11.3 Å². The lowest BCUT2D eigenvalue weighted by atomic mass is 10.2. The molecule has 22 heavy (non-hydrogen) atoms. The first-order chi connectivity index (χ1) is 10.6. The van der Waals surface area contributed by atoms with E-state index in [2.05, 4.69) is 10.3 Å². The fourth-order valence-corrected chi connectivity index (χ4v) is 1.87. The molecule has 6 heteroatoms. The molecule has 1 aromatic carbocycles.